The molecule has 1 aromatic rings. The van der Waals surface area contributed by atoms with Crippen molar-refractivity contribution >= 4 is 21.6 Å². The van der Waals surface area contributed by atoms with E-state index >= 15 is 0 Å². The smallest absolute Gasteiger partial charge is 0.315 e. The van der Waals surface area contributed by atoms with Gasteiger partial charge in [-0.3, -0.25) is 0 Å². The third kappa shape index (κ3) is 3.73. The van der Waals surface area contributed by atoms with E-state index < -0.39 is 37.7 Å². The molecule has 1 saturated heterocycles. The lowest BCUT2D eigenvalue weighted by atomic mass is 9.96. The van der Waals surface area contributed by atoms with E-state index in [1.165, 1.54) is 0 Å². The van der Waals surface area contributed by atoms with Crippen LogP contribution in [0.4, 0.5) is 13.2 Å². The van der Waals surface area contributed by atoms with Gasteiger partial charge in [0.25, 0.3) is 0 Å². The third-order valence-corrected chi connectivity index (χ3v) is 5.69. The van der Waals surface area contributed by atoms with Crippen LogP contribution in [-0.4, -0.2) is 27.5 Å². The van der Waals surface area contributed by atoms with E-state index in [0.717, 1.165) is 25.1 Å². The molecule has 124 valence electrons. The van der Waals surface area contributed by atoms with Crippen molar-refractivity contribution in [2.45, 2.75) is 30.5 Å². The van der Waals surface area contributed by atoms with Gasteiger partial charge in [0.1, 0.15) is 4.90 Å². The van der Waals surface area contributed by atoms with E-state index in [4.69, 9.17) is 11.6 Å². The molecule has 9 heteroatoms. The largest absolute Gasteiger partial charge is 0.417 e. The van der Waals surface area contributed by atoms with Crippen LogP contribution in [0.25, 0.3) is 0 Å². The number of alkyl halides is 3. The monoisotopic (exact) mass is 356 g/mol. The fourth-order valence-corrected chi connectivity index (χ4v) is 4.52. The normalized spacial score (nSPS) is 23.5. The highest BCUT2D eigenvalue weighted by Crippen LogP contribution is 2.37. The molecule has 2 N–H and O–H groups in total. The van der Waals surface area contributed by atoms with Crippen molar-refractivity contribution in [3.63, 3.8) is 0 Å². The topological polar surface area (TPSA) is 58.2 Å². The van der Waals surface area contributed by atoms with Crippen molar-refractivity contribution in [2.75, 3.05) is 13.1 Å². The minimum Gasteiger partial charge on any atom is -0.315 e. The summed E-state index contributed by atoms with van der Waals surface area (Å²) in [4.78, 5) is -0.915. The molecular formula is C13H16ClF3N2O2S. The second-order valence-electron chi connectivity index (χ2n) is 5.31. The molecule has 2 rings (SSSR count). The maximum atomic E-state index is 13.1. The zero-order valence-electron chi connectivity index (χ0n) is 11.7. The number of halogens is 4. The van der Waals surface area contributed by atoms with Crippen molar-refractivity contribution in [2.24, 2.45) is 5.92 Å². The molecule has 1 aliphatic rings. The maximum Gasteiger partial charge on any atom is 0.417 e. The summed E-state index contributed by atoms with van der Waals surface area (Å²) in [5.74, 6) is 0.0212. The molecule has 2 unspecified atom stereocenters. The first-order valence-corrected chi connectivity index (χ1v) is 8.58. The Morgan fingerprint density at radius 3 is 2.64 bits per heavy atom. The molecule has 4 nitrogen and oxygen atoms in total. The average Bonchev–Trinajstić information content (AvgIpc) is 2.39. The van der Waals surface area contributed by atoms with Gasteiger partial charge in [0.2, 0.25) is 10.0 Å². The van der Waals surface area contributed by atoms with E-state index in [1.807, 2.05) is 6.92 Å². The molecule has 0 spiro atoms. The zero-order chi connectivity index (χ0) is 16.5. The zero-order valence-corrected chi connectivity index (χ0v) is 13.3. The fraction of sp³-hybridized carbons (Fsp3) is 0.538. The number of hydrogen-bond donors (Lipinski definition) is 2. The Morgan fingerprint density at radius 1 is 1.36 bits per heavy atom. The number of nitrogens with one attached hydrogen (secondary N) is 2. The molecule has 22 heavy (non-hydrogen) atoms. The van der Waals surface area contributed by atoms with E-state index in [2.05, 4.69) is 10.0 Å². The minimum absolute atomic E-state index is 0.0212. The number of rotatable bonds is 3. The van der Waals surface area contributed by atoms with Gasteiger partial charge >= 0.3 is 6.18 Å². The van der Waals surface area contributed by atoms with E-state index in [-0.39, 0.29) is 5.92 Å². The van der Waals surface area contributed by atoms with Crippen molar-refractivity contribution in [1.82, 2.24) is 10.0 Å². The molecule has 1 fully saturated rings. The summed E-state index contributed by atoms with van der Waals surface area (Å²) in [6.07, 6.45) is -4.06. The molecule has 0 saturated carbocycles. The molecule has 1 heterocycles. The van der Waals surface area contributed by atoms with Gasteiger partial charge in [-0.2, -0.15) is 13.2 Å². The number of benzene rings is 1. The quantitative estimate of drug-likeness (QED) is 0.875. The molecule has 0 amide bonds. The van der Waals surface area contributed by atoms with Crippen molar-refractivity contribution in [1.29, 1.82) is 0 Å². The van der Waals surface area contributed by atoms with Crippen LogP contribution in [-0.2, 0) is 16.2 Å². The predicted octanol–water partition coefficient (Wildman–Crippen LogP) is 2.64. The van der Waals surface area contributed by atoms with Gasteiger partial charge in [-0.1, -0.05) is 24.6 Å². The summed E-state index contributed by atoms with van der Waals surface area (Å²) in [6.45, 7) is 2.97. The van der Waals surface area contributed by atoms with Crippen LogP contribution in [0.5, 0.6) is 0 Å². The summed E-state index contributed by atoms with van der Waals surface area (Å²) < 4.78 is 66.3. The first-order valence-electron chi connectivity index (χ1n) is 6.71. The van der Waals surface area contributed by atoms with E-state index in [9.17, 15) is 21.6 Å². The minimum atomic E-state index is -4.80. The summed E-state index contributed by atoms with van der Waals surface area (Å²) in [5.41, 5.74) is -1.26. The molecule has 2 atom stereocenters. The second-order valence-corrected chi connectivity index (χ2v) is 7.37. The summed E-state index contributed by atoms with van der Waals surface area (Å²) in [6, 6.07) is 2.45. The highest BCUT2D eigenvalue weighted by atomic mass is 35.5. The molecule has 1 aromatic carbocycles. The van der Waals surface area contributed by atoms with Crippen LogP contribution >= 0.6 is 11.6 Å². The number of sulfonamides is 1. The van der Waals surface area contributed by atoms with Gasteiger partial charge in [0, 0.05) is 12.6 Å². The molecule has 0 aliphatic carbocycles. The Bertz CT molecular complexity index is 649. The number of piperidine rings is 1. The maximum absolute atomic E-state index is 13.1. The average molecular weight is 357 g/mol. The van der Waals surface area contributed by atoms with Crippen molar-refractivity contribution in [3.8, 4) is 0 Å². The lowest BCUT2D eigenvalue weighted by Crippen LogP contribution is -2.50. The number of hydrogen-bond acceptors (Lipinski definition) is 3. The van der Waals surface area contributed by atoms with Crippen LogP contribution in [0.3, 0.4) is 0 Å². The second kappa shape index (κ2) is 6.35. The van der Waals surface area contributed by atoms with Crippen LogP contribution < -0.4 is 10.0 Å². The van der Waals surface area contributed by atoms with Crippen LogP contribution in [0, 0.1) is 5.92 Å². The first kappa shape index (κ1) is 17.5. The molecule has 0 aromatic heterocycles. The molecular weight excluding hydrogens is 341 g/mol. The van der Waals surface area contributed by atoms with Gasteiger partial charge in [-0.05, 0) is 31.0 Å². The SMILES string of the molecule is CC1CCNCC1NS(=O)(=O)c1c(Cl)cccc1C(F)(F)F. The van der Waals surface area contributed by atoms with Crippen LogP contribution in [0.15, 0.2) is 23.1 Å². The van der Waals surface area contributed by atoms with Gasteiger partial charge in [-0.25, -0.2) is 13.1 Å². The van der Waals surface area contributed by atoms with Gasteiger partial charge in [-0.15, -0.1) is 0 Å². The van der Waals surface area contributed by atoms with Gasteiger partial charge in [0.05, 0.1) is 10.6 Å². The summed E-state index contributed by atoms with van der Waals surface area (Å²) >= 11 is 5.74. The predicted molar refractivity (Wildman–Crippen MR) is 77.2 cm³/mol. The Morgan fingerprint density at radius 2 is 2.05 bits per heavy atom. The molecule has 0 radical (unpaired) electrons. The van der Waals surface area contributed by atoms with Crippen LogP contribution in [0.1, 0.15) is 18.9 Å². The highest BCUT2D eigenvalue weighted by Gasteiger charge is 2.39. The van der Waals surface area contributed by atoms with E-state index in [0.29, 0.717) is 12.6 Å². The first-order chi connectivity index (χ1) is 10.1. The van der Waals surface area contributed by atoms with Crippen molar-refractivity contribution in [3.05, 3.63) is 28.8 Å². The lowest BCUT2D eigenvalue weighted by Gasteiger charge is -2.30. The van der Waals surface area contributed by atoms with Crippen LogP contribution in [0.2, 0.25) is 5.02 Å². The van der Waals surface area contributed by atoms with Crippen molar-refractivity contribution < 1.29 is 21.6 Å². The molecule has 1 aliphatic heterocycles. The lowest BCUT2D eigenvalue weighted by molar-refractivity contribution is -0.139. The highest BCUT2D eigenvalue weighted by molar-refractivity contribution is 7.89. The summed E-state index contributed by atoms with van der Waals surface area (Å²) in [5, 5.41) is 2.57. The Hall–Kier alpha value is -0.830. The van der Waals surface area contributed by atoms with E-state index in [1.54, 1.807) is 0 Å². The third-order valence-electron chi connectivity index (χ3n) is 3.68. The van der Waals surface area contributed by atoms with Gasteiger partial charge in [0.15, 0.2) is 0 Å². The Labute approximate surface area is 132 Å². The summed E-state index contributed by atoms with van der Waals surface area (Å²) in [7, 11) is -4.38. The molecule has 0 bridgehead atoms. The van der Waals surface area contributed by atoms with Gasteiger partial charge < -0.3 is 5.32 Å². The Kier molecular flexibility index (Phi) is 5.06. The Balaban J connectivity index is 2.41. The standard InChI is InChI=1S/C13H16ClF3N2O2S/c1-8-5-6-18-7-11(8)19-22(20,21)12-9(13(15,16)17)3-2-4-10(12)14/h2-4,8,11,18-19H,5-7H2,1H3. The fourth-order valence-electron chi connectivity index (χ4n) is 2.41.